The van der Waals surface area contributed by atoms with Crippen molar-refractivity contribution < 1.29 is 31.5 Å². The molecule has 1 heterocycles. The summed E-state index contributed by atoms with van der Waals surface area (Å²) in [5, 5.41) is 8.93. The van der Waals surface area contributed by atoms with E-state index in [2.05, 4.69) is 0 Å². The molecule has 1 fully saturated rings. The number of hydrogen-bond donors (Lipinski definition) is 1. The summed E-state index contributed by atoms with van der Waals surface area (Å²) in [4.78, 5) is 9.90. The first-order chi connectivity index (χ1) is 9.25. The van der Waals surface area contributed by atoms with Crippen LogP contribution in [0.5, 0.6) is 0 Å². The maximum absolute atomic E-state index is 13.5. The van der Waals surface area contributed by atoms with Gasteiger partial charge in [-0.3, -0.25) is 4.79 Å². The van der Waals surface area contributed by atoms with Crippen LogP contribution in [0.1, 0.15) is 12.8 Å². The van der Waals surface area contributed by atoms with Gasteiger partial charge < -0.3 is 5.11 Å². The Balaban J connectivity index is 2.50. The van der Waals surface area contributed by atoms with E-state index in [9.17, 15) is 26.4 Å². The number of benzene rings is 1. The molecule has 2 rings (SSSR count). The summed E-state index contributed by atoms with van der Waals surface area (Å²) in [6.45, 7) is -0.113. The Morgan fingerprint density at radius 3 is 2.40 bits per heavy atom. The molecule has 0 unspecified atom stereocenters. The number of halogens is 3. The Hall–Kier alpha value is -1.61. The number of hydrogen-bond acceptors (Lipinski definition) is 3. The minimum absolute atomic E-state index is 0.0832. The summed E-state index contributed by atoms with van der Waals surface area (Å²) in [6.07, 6.45) is 0.376. The van der Waals surface area contributed by atoms with Crippen LogP contribution in [0.15, 0.2) is 17.0 Å². The lowest BCUT2D eigenvalue weighted by molar-refractivity contribution is -0.140. The van der Waals surface area contributed by atoms with Crippen molar-refractivity contribution in [2.45, 2.75) is 23.8 Å². The van der Waals surface area contributed by atoms with Crippen LogP contribution in [0.3, 0.4) is 0 Å². The van der Waals surface area contributed by atoms with Gasteiger partial charge in [0.2, 0.25) is 10.0 Å². The number of sulfonamides is 1. The lowest BCUT2D eigenvalue weighted by Crippen LogP contribution is -2.40. The molecular weight excluding hydrogens is 299 g/mol. The van der Waals surface area contributed by atoms with E-state index in [0.29, 0.717) is 10.7 Å². The van der Waals surface area contributed by atoms with Gasteiger partial charge in [-0.25, -0.2) is 21.6 Å². The molecule has 9 heteroatoms. The Labute approximate surface area is 112 Å². The fourth-order valence-electron chi connectivity index (χ4n) is 2.10. The normalized spacial score (nSPS) is 20.2. The third kappa shape index (κ3) is 2.38. The molecule has 1 aromatic rings. The van der Waals surface area contributed by atoms with Crippen LogP contribution >= 0.6 is 0 Å². The number of nitrogens with zero attached hydrogens (tertiary/aromatic N) is 1. The third-order valence-electron chi connectivity index (χ3n) is 3.05. The Bertz CT molecular complexity index is 662. The van der Waals surface area contributed by atoms with Crippen LogP contribution in [-0.2, 0) is 14.8 Å². The summed E-state index contributed by atoms with van der Waals surface area (Å²) >= 11 is 0. The average Bonchev–Trinajstić information content (AvgIpc) is 2.83. The number of carboxylic acid groups (broad SMARTS) is 1. The fraction of sp³-hybridized carbons (Fsp3) is 0.364. The fourth-order valence-corrected chi connectivity index (χ4v) is 3.81. The summed E-state index contributed by atoms with van der Waals surface area (Å²) < 4.78 is 64.4. The third-order valence-corrected chi connectivity index (χ3v) is 4.97. The van der Waals surface area contributed by atoms with Crippen LogP contribution in [0, 0.1) is 17.5 Å². The highest BCUT2D eigenvalue weighted by atomic mass is 32.2. The van der Waals surface area contributed by atoms with Crippen molar-refractivity contribution in [3.8, 4) is 0 Å². The van der Waals surface area contributed by atoms with E-state index < -0.39 is 44.4 Å². The molecule has 0 saturated carbocycles. The molecule has 0 bridgehead atoms. The Morgan fingerprint density at radius 2 is 1.80 bits per heavy atom. The second-order valence-electron chi connectivity index (χ2n) is 4.31. The van der Waals surface area contributed by atoms with Gasteiger partial charge >= 0.3 is 5.97 Å². The smallest absolute Gasteiger partial charge is 0.322 e. The van der Waals surface area contributed by atoms with Crippen molar-refractivity contribution in [1.82, 2.24) is 4.31 Å². The van der Waals surface area contributed by atoms with Gasteiger partial charge in [0.25, 0.3) is 0 Å². The van der Waals surface area contributed by atoms with Crippen LogP contribution in [0.25, 0.3) is 0 Å². The van der Waals surface area contributed by atoms with E-state index in [1.165, 1.54) is 0 Å². The first-order valence-electron chi connectivity index (χ1n) is 5.64. The first kappa shape index (κ1) is 14.8. The zero-order valence-electron chi connectivity index (χ0n) is 10.0. The van der Waals surface area contributed by atoms with Gasteiger partial charge in [0.15, 0.2) is 11.6 Å². The highest BCUT2D eigenvalue weighted by molar-refractivity contribution is 7.89. The summed E-state index contributed by atoms with van der Waals surface area (Å²) in [5.41, 5.74) is 0. The van der Waals surface area contributed by atoms with E-state index >= 15 is 0 Å². The Kier molecular flexibility index (Phi) is 3.74. The van der Waals surface area contributed by atoms with Crippen molar-refractivity contribution in [3.05, 3.63) is 29.6 Å². The molecular formula is C11H10F3NO4S. The molecule has 1 aliphatic heterocycles. The highest BCUT2D eigenvalue weighted by Gasteiger charge is 2.40. The van der Waals surface area contributed by atoms with Gasteiger partial charge in [0.1, 0.15) is 16.8 Å². The van der Waals surface area contributed by atoms with Crippen LogP contribution in [0.2, 0.25) is 0 Å². The molecule has 0 radical (unpaired) electrons. The zero-order chi connectivity index (χ0) is 15.1. The van der Waals surface area contributed by atoms with Crippen LogP contribution < -0.4 is 0 Å². The number of carbonyl (C=O) groups is 1. The molecule has 0 amide bonds. The molecule has 5 nitrogen and oxygen atoms in total. The monoisotopic (exact) mass is 309 g/mol. The summed E-state index contributed by atoms with van der Waals surface area (Å²) in [7, 11) is -4.53. The molecule has 110 valence electrons. The van der Waals surface area contributed by atoms with E-state index in [4.69, 9.17) is 5.11 Å². The minimum Gasteiger partial charge on any atom is -0.480 e. The van der Waals surface area contributed by atoms with Gasteiger partial charge in [-0.2, -0.15) is 4.31 Å². The lowest BCUT2D eigenvalue weighted by Gasteiger charge is -2.21. The van der Waals surface area contributed by atoms with Gasteiger partial charge in [0, 0.05) is 12.6 Å². The van der Waals surface area contributed by atoms with E-state index in [0.717, 1.165) is 0 Å². The molecule has 0 aromatic heterocycles. The molecule has 1 atom stereocenters. The minimum atomic E-state index is -4.53. The molecule has 1 aliphatic rings. The van der Waals surface area contributed by atoms with Crippen molar-refractivity contribution in [2.75, 3.05) is 6.54 Å². The largest absolute Gasteiger partial charge is 0.480 e. The predicted molar refractivity (Wildman–Crippen MR) is 60.9 cm³/mol. The van der Waals surface area contributed by atoms with E-state index in [1.807, 2.05) is 0 Å². The zero-order valence-corrected chi connectivity index (χ0v) is 10.8. The summed E-state index contributed by atoms with van der Waals surface area (Å²) in [5.74, 6) is -5.86. The quantitative estimate of drug-likeness (QED) is 0.855. The number of carboxylic acids is 1. The van der Waals surface area contributed by atoms with Gasteiger partial charge in [-0.05, 0) is 18.9 Å². The van der Waals surface area contributed by atoms with E-state index in [1.54, 1.807) is 0 Å². The second-order valence-corrected chi connectivity index (χ2v) is 6.17. The SMILES string of the molecule is O=C(O)[C@@H]1CCCN1S(=O)(=O)c1cc(F)c(F)cc1F. The van der Waals surface area contributed by atoms with Gasteiger partial charge in [-0.1, -0.05) is 0 Å². The lowest BCUT2D eigenvalue weighted by atomic mass is 10.2. The van der Waals surface area contributed by atoms with Crippen LogP contribution in [-0.4, -0.2) is 36.4 Å². The number of rotatable bonds is 3. The topological polar surface area (TPSA) is 74.7 Å². The van der Waals surface area contributed by atoms with Gasteiger partial charge in [0.05, 0.1) is 0 Å². The predicted octanol–water partition coefficient (Wildman–Crippen LogP) is 1.34. The molecule has 1 saturated heterocycles. The standard InChI is InChI=1S/C11H10F3NO4S/c12-6-4-8(14)10(5-7(6)13)20(18,19)15-3-1-2-9(15)11(16)17/h4-5,9H,1-3H2,(H,16,17)/t9-/m0/s1. The van der Waals surface area contributed by atoms with Crippen LogP contribution in [0.4, 0.5) is 13.2 Å². The van der Waals surface area contributed by atoms with Crippen molar-refractivity contribution in [3.63, 3.8) is 0 Å². The molecule has 0 aliphatic carbocycles. The molecule has 1 aromatic carbocycles. The highest BCUT2D eigenvalue weighted by Crippen LogP contribution is 2.28. The molecule has 0 spiro atoms. The number of aliphatic carboxylic acids is 1. The van der Waals surface area contributed by atoms with Crippen molar-refractivity contribution in [1.29, 1.82) is 0 Å². The van der Waals surface area contributed by atoms with Gasteiger partial charge in [-0.15, -0.1) is 0 Å². The Morgan fingerprint density at radius 1 is 1.20 bits per heavy atom. The maximum atomic E-state index is 13.5. The average molecular weight is 309 g/mol. The summed E-state index contributed by atoms with van der Waals surface area (Å²) in [6, 6.07) is -0.988. The van der Waals surface area contributed by atoms with Crippen molar-refractivity contribution >= 4 is 16.0 Å². The molecule has 20 heavy (non-hydrogen) atoms. The van der Waals surface area contributed by atoms with Crippen molar-refractivity contribution in [2.24, 2.45) is 0 Å². The maximum Gasteiger partial charge on any atom is 0.322 e. The second kappa shape index (κ2) is 5.06. The van der Waals surface area contributed by atoms with E-state index in [-0.39, 0.29) is 25.1 Å². The molecule has 1 N–H and O–H groups in total. The first-order valence-corrected chi connectivity index (χ1v) is 7.08.